The maximum atomic E-state index is 14.9. The van der Waals surface area contributed by atoms with Crippen molar-refractivity contribution < 1.29 is 21.8 Å². The molecule has 1 heterocycles. The summed E-state index contributed by atoms with van der Waals surface area (Å²) in [6, 6.07) is 14.7. The van der Waals surface area contributed by atoms with Crippen molar-refractivity contribution in [2.24, 2.45) is 10.7 Å². The standard InChI is InChI=1S/C24H23ClFN3O4S/c1-3-29-21(30)24(28-22(29)27,17-9-11-18(12-10-17)33-34(2,31)32)23(25)14-13-20(26)19(15-23)16-7-5-4-6-8-16/h4-13,15H,3,14H2,1-2H3,(H2,27,28)/t23-,24?/m1/s1. The van der Waals surface area contributed by atoms with Gasteiger partial charge in [-0.2, -0.15) is 8.42 Å². The lowest BCUT2D eigenvalue weighted by Gasteiger charge is -2.40. The number of allylic oxidation sites excluding steroid dienone is 3. The van der Waals surface area contributed by atoms with E-state index in [2.05, 4.69) is 4.99 Å². The van der Waals surface area contributed by atoms with Crippen LogP contribution >= 0.6 is 11.6 Å². The van der Waals surface area contributed by atoms with Crippen LogP contribution < -0.4 is 9.92 Å². The van der Waals surface area contributed by atoms with Gasteiger partial charge >= 0.3 is 10.1 Å². The van der Waals surface area contributed by atoms with Gasteiger partial charge in [0.25, 0.3) is 5.91 Å². The van der Waals surface area contributed by atoms with Gasteiger partial charge in [0.1, 0.15) is 16.5 Å². The van der Waals surface area contributed by atoms with Crippen LogP contribution in [0.4, 0.5) is 4.39 Å². The molecule has 1 amide bonds. The molecule has 2 aromatic rings. The lowest BCUT2D eigenvalue weighted by Crippen LogP contribution is -2.53. The summed E-state index contributed by atoms with van der Waals surface area (Å²) < 4.78 is 42.8. The number of guanidine groups is 1. The zero-order valence-corrected chi connectivity index (χ0v) is 20.1. The number of halogens is 2. The average Bonchev–Trinajstić information content (AvgIpc) is 3.06. The summed E-state index contributed by atoms with van der Waals surface area (Å²) in [5.41, 5.74) is 5.63. The molecule has 7 nitrogen and oxygen atoms in total. The van der Waals surface area contributed by atoms with Gasteiger partial charge in [-0.1, -0.05) is 42.5 Å². The maximum absolute atomic E-state index is 14.9. The first-order valence-corrected chi connectivity index (χ1v) is 12.7. The second-order valence-electron chi connectivity index (χ2n) is 8.08. The monoisotopic (exact) mass is 503 g/mol. The van der Waals surface area contributed by atoms with Gasteiger partial charge in [0.05, 0.1) is 6.26 Å². The molecule has 0 bridgehead atoms. The molecule has 0 spiro atoms. The quantitative estimate of drug-likeness (QED) is 0.478. The third-order valence-corrected chi connectivity index (χ3v) is 6.88. The summed E-state index contributed by atoms with van der Waals surface area (Å²) in [6.07, 6.45) is 3.76. The Labute approximate surface area is 202 Å². The Bertz CT molecular complexity index is 1330. The van der Waals surface area contributed by atoms with Crippen LogP contribution in [0.5, 0.6) is 5.75 Å². The Hall–Kier alpha value is -3.17. The van der Waals surface area contributed by atoms with E-state index in [1.165, 1.54) is 41.3 Å². The molecule has 1 unspecified atom stereocenters. The van der Waals surface area contributed by atoms with E-state index < -0.39 is 32.3 Å². The van der Waals surface area contributed by atoms with E-state index in [4.69, 9.17) is 21.5 Å². The second-order valence-corrected chi connectivity index (χ2v) is 10.3. The molecule has 0 fully saturated rings. The third-order valence-electron chi connectivity index (χ3n) is 5.84. The van der Waals surface area contributed by atoms with Crippen molar-refractivity contribution in [3.05, 3.63) is 83.7 Å². The molecule has 2 N–H and O–H groups in total. The second kappa shape index (κ2) is 8.56. The highest BCUT2D eigenvalue weighted by Gasteiger charge is 2.61. The Balaban J connectivity index is 1.90. The summed E-state index contributed by atoms with van der Waals surface area (Å²) >= 11 is 7.19. The predicted molar refractivity (Wildman–Crippen MR) is 129 cm³/mol. The van der Waals surface area contributed by atoms with Crippen molar-refractivity contribution in [1.82, 2.24) is 4.90 Å². The van der Waals surface area contributed by atoms with Crippen LogP contribution in [-0.2, 0) is 20.5 Å². The van der Waals surface area contributed by atoms with Crippen molar-refractivity contribution in [1.29, 1.82) is 0 Å². The molecule has 0 radical (unpaired) electrons. The largest absolute Gasteiger partial charge is 0.383 e. The number of rotatable bonds is 6. The van der Waals surface area contributed by atoms with Crippen molar-refractivity contribution in [3.63, 3.8) is 0 Å². The summed E-state index contributed by atoms with van der Waals surface area (Å²) in [5, 5.41) is 0. The Kier molecular flexibility index (Phi) is 6.03. The van der Waals surface area contributed by atoms with Crippen LogP contribution in [-0.4, -0.2) is 42.9 Å². The van der Waals surface area contributed by atoms with Crippen LogP contribution in [0.1, 0.15) is 24.5 Å². The van der Waals surface area contributed by atoms with Gasteiger partial charge in [-0.05, 0) is 48.8 Å². The summed E-state index contributed by atoms with van der Waals surface area (Å²) in [5.74, 6) is -0.855. The normalized spacial score (nSPS) is 25.0. The number of benzene rings is 2. The smallest absolute Gasteiger partial charge is 0.306 e. The number of likely N-dealkylation sites (N-methyl/N-ethyl adjacent to an activating group) is 1. The molecular formula is C24H23ClFN3O4S. The van der Waals surface area contributed by atoms with Crippen molar-refractivity contribution >= 4 is 39.2 Å². The van der Waals surface area contributed by atoms with Gasteiger partial charge in [0, 0.05) is 12.1 Å². The van der Waals surface area contributed by atoms with Crippen LogP contribution in [0.2, 0.25) is 0 Å². The Morgan fingerprint density at radius 3 is 2.38 bits per heavy atom. The molecule has 0 saturated heterocycles. The molecule has 2 aromatic carbocycles. The number of amides is 1. The summed E-state index contributed by atoms with van der Waals surface area (Å²) in [7, 11) is -3.74. The highest BCUT2D eigenvalue weighted by atomic mass is 35.5. The molecule has 2 atom stereocenters. The fourth-order valence-corrected chi connectivity index (χ4v) is 5.19. The first-order valence-electron chi connectivity index (χ1n) is 10.5. The van der Waals surface area contributed by atoms with E-state index in [0.29, 0.717) is 11.1 Å². The molecule has 10 heteroatoms. The molecule has 4 rings (SSSR count). The van der Waals surface area contributed by atoms with Gasteiger partial charge in [-0.25, -0.2) is 9.38 Å². The first-order chi connectivity index (χ1) is 16.0. The topological polar surface area (TPSA) is 102 Å². The summed E-state index contributed by atoms with van der Waals surface area (Å²) in [4.78, 5) is 18.2. The molecule has 2 aliphatic rings. The predicted octanol–water partition coefficient (Wildman–Crippen LogP) is 3.72. The minimum absolute atomic E-state index is 0.00586. The maximum Gasteiger partial charge on any atom is 0.306 e. The van der Waals surface area contributed by atoms with Gasteiger partial charge in [0.2, 0.25) is 0 Å². The molecular weight excluding hydrogens is 481 g/mol. The lowest BCUT2D eigenvalue weighted by molar-refractivity contribution is -0.132. The van der Waals surface area contributed by atoms with Gasteiger partial charge in [-0.15, -0.1) is 11.6 Å². The first kappa shape index (κ1) is 24.0. The van der Waals surface area contributed by atoms with Gasteiger partial charge in [-0.3, -0.25) is 9.69 Å². The van der Waals surface area contributed by atoms with Crippen LogP contribution in [0.25, 0.3) is 5.57 Å². The number of hydrogen-bond donors (Lipinski definition) is 1. The van der Waals surface area contributed by atoms with Crippen molar-refractivity contribution in [3.8, 4) is 5.75 Å². The van der Waals surface area contributed by atoms with E-state index in [-0.39, 0.29) is 30.2 Å². The van der Waals surface area contributed by atoms with E-state index in [0.717, 1.165) is 6.26 Å². The number of aliphatic imine (C=N–C) groups is 1. The van der Waals surface area contributed by atoms with Crippen LogP contribution in [0.3, 0.4) is 0 Å². The zero-order chi connectivity index (χ0) is 24.7. The third kappa shape index (κ3) is 3.99. The fourth-order valence-electron chi connectivity index (χ4n) is 4.31. The van der Waals surface area contributed by atoms with E-state index in [9.17, 15) is 17.6 Å². The number of nitrogens with two attached hydrogens (primary N) is 1. The number of carbonyl (C=O) groups is 1. The number of alkyl halides is 1. The summed E-state index contributed by atoms with van der Waals surface area (Å²) in [6.45, 7) is 2.02. The minimum atomic E-state index is -3.74. The van der Waals surface area contributed by atoms with Crippen molar-refractivity contribution in [2.45, 2.75) is 23.8 Å². The SMILES string of the molecule is CCN1C(=O)C(c2ccc(OS(C)(=O)=O)cc2)([C@]2(Cl)C=C(c3ccccc3)C(F)=CC2)N=C1N. The number of carbonyl (C=O) groups excluding carboxylic acids is 1. The molecule has 0 aromatic heterocycles. The van der Waals surface area contributed by atoms with Gasteiger partial charge < -0.3 is 9.92 Å². The van der Waals surface area contributed by atoms with E-state index in [1.54, 1.807) is 31.2 Å². The molecule has 34 heavy (non-hydrogen) atoms. The average molecular weight is 504 g/mol. The van der Waals surface area contributed by atoms with Gasteiger partial charge in [0.15, 0.2) is 11.5 Å². The zero-order valence-electron chi connectivity index (χ0n) is 18.5. The number of nitrogens with zero attached hydrogens (tertiary/aromatic N) is 2. The molecule has 0 saturated carbocycles. The molecule has 178 valence electrons. The minimum Gasteiger partial charge on any atom is -0.383 e. The van der Waals surface area contributed by atoms with E-state index >= 15 is 0 Å². The van der Waals surface area contributed by atoms with E-state index in [1.807, 2.05) is 6.07 Å². The lowest BCUT2D eigenvalue weighted by atomic mass is 9.72. The fraction of sp³-hybridized carbons (Fsp3) is 0.250. The molecule has 1 aliphatic heterocycles. The Morgan fingerprint density at radius 1 is 1.18 bits per heavy atom. The number of hydrogen-bond acceptors (Lipinski definition) is 6. The highest BCUT2D eigenvalue weighted by molar-refractivity contribution is 7.86. The van der Waals surface area contributed by atoms with Crippen LogP contribution in [0, 0.1) is 0 Å². The Morgan fingerprint density at radius 2 is 1.82 bits per heavy atom. The van der Waals surface area contributed by atoms with Crippen LogP contribution in [0.15, 0.2) is 77.6 Å². The molecule has 1 aliphatic carbocycles. The highest BCUT2D eigenvalue weighted by Crippen LogP contribution is 2.52. The van der Waals surface area contributed by atoms with Crippen molar-refractivity contribution in [2.75, 3.05) is 12.8 Å².